The maximum Gasteiger partial charge on any atom is 0.426 e. The summed E-state index contributed by atoms with van der Waals surface area (Å²) in [5.74, 6) is 0. The number of aromatic nitrogens is 1. The summed E-state index contributed by atoms with van der Waals surface area (Å²) in [4.78, 5) is 41.6. The van der Waals surface area contributed by atoms with E-state index in [1.165, 1.54) is 6.07 Å². The molecule has 0 N–H and O–H groups in total. The zero-order chi connectivity index (χ0) is 20.6. The second kappa shape index (κ2) is 7.44. The highest BCUT2D eigenvalue weighted by atomic mass is 35.5. The van der Waals surface area contributed by atoms with Crippen molar-refractivity contribution in [2.45, 2.75) is 52.7 Å². The summed E-state index contributed by atoms with van der Waals surface area (Å²) in [5.41, 5.74) is -1.07. The minimum absolute atomic E-state index is 0.00435. The predicted molar refractivity (Wildman–Crippen MR) is 105 cm³/mol. The molecule has 1 aromatic carbocycles. The number of halogens is 1. The molecule has 0 saturated heterocycles. The van der Waals surface area contributed by atoms with Crippen LogP contribution in [0.25, 0.3) is 10.2 Å². The summed E-state index contributed by atoms with van der Waals surface area (Å²) in [5, 5.41) is 0.359. The Morgan fingerprint density at radius 1 is 1.07 bits per heavy atom. The van der Waals surface area contributed by atoms with Crippen molar-refractivity contribution in [3.63, 3.8) is 0 Å². The average Bonchev–Trinajstić information content (AvgIpc) is 2.89. The molecule has 0 atom stereocenters. The standard InChI is InChI=1S/C18H21ClN2O5S/c1-17(2,3)25-15(23)21(16(24)26-18(4,5)6)14-20-12-10(9-22)7-8-11(19)13(12)27-14/h7-9H,1-6H3. The fraction of sp³-hybridized carbons (Fsp3) is 0.444. The molecule has 2 rings (SSSR count). The van der Waals surface area contributed by atoms with Gasteiger partial charge in [0.05, 0.1) is 15.2 Å². The number of anilines is 1. The van der Waals surface area contributed by atoms with Crippen LogP contribution in [0.2, 0.25) is 5.02 Å². The summed E-state index contributed by atoms with van der Waals surface area (Å²) in [6.07, 6.45) is -1.23. The molecule has 0 aliphatic carbocycles. The molecule has 7 nitrogen and oxygen atoms in total. The summed E-state index contributed by atoms with van der Waals surface area (Å²) < 4.78 is 11.1. The molecule has 0 saturated carbocycles. The lowest BCUT2D eigenvalue weighted by molar-refractivity contribution is 0.0430. The van der Waals surface area contributed by atoms with Gasteiger partial charge in [0.2, 0.25) is 5.13 Å². The van der Waals surface area contributed by atoms with Gasteiger partial charge >= 0.3 is 12.2 Å². The van der Waals surface area contributed by atoms with E-state index in [4.69, 9.17) is 21.1 Å². The van der Waals surface area contributed by atoms with Crippen molar-refractivity contribution >= 4 is 56.8 Å². The Kier molecular flexibility index (Phi) is 5.82. The van der Waals surface area contributed by atoms with E-state index in [1.807, 2.05) is 0 Å². The number of thiazole rings is 1. The van der Waals surface area contributed by atoms with Crippen molar-refractivity contribution in [3.05, 3.63) is 22.7 Å². The quantitative estimate of drug-likeness (QED) is 0.610. The summed E-state index contributed by atoms with van der Waals surface area (Å²) in [6.45, 7) is 10.1. The molecule has 1 heterocycles. The zero-order valence-electron chi connectivity index (χ0n) is 16.0. The minimum Gasteiger partial charge on any atom is -0.443 e. The van der Waals surface area contributed by atoms with Crippen molar-refractivity contribution in [1.82, 2.24) is 4.98 Å². The van der Waals surface area contributed by atoms with E-state index in [0.717, 1.165) is 11.3 Å². The molecule has 2 aromatic rings. The highest BCUT2D eigenvalue weighted by Gasteiger charge is 2.35. The van der Waals surface area contributed by atoms with Crippen LogP contribution in [0.15, 0.2) is 12.1 Å². The lowest BCUT2D eigenvalue weighted by Gasteiger charge is -2.27. The van der Waals surface area contributed by atoms with Gasteiger partial charge in [-0.25, -0.2) is 14.6 Å². The third kappa shape index (κ3) is 5.17. The van der Waals surface area contributed by atoms with Crippen LogP contribution in [-0.2, 0) is 9.47 Å². The Bertz CT molecular complexity index is 868. The number of carbonyl (C=O) groups is 3. The van der Waals surface area contributed by atoms with Gasteiger partial charge in [-0.15, -0.1) is 0 Å². The Morgan fingerprint density at radius 2 is 1.59 bits per heavy atom. The summed E-state index contributed by atoms with van der Waals surface area (Å²) in [7, 11) is 0. The second-order valence-corrected chi connectivity index (χ2v) is 9.11. The maximum atomic E-state index is 12.7. The molecule has 0 bridgehead atoms. The Morgan fingerprint density at radius 3 is 2.04 bits per heavy atom. The molecule has 1 aromatic heterocycles. The van der Waals surface area contributed by atoms with Crippen LogP contribution in [-0.4, -0.2) is 34.7 Å². The molecule has 0 unspecified atom stereocenters. The van der Waals surface area contributed by atoms with Crippen molar-refractivity contribution in [2.24, 2.45) is 0 Å². The monoisotopic (exact) mass is 412 g/mol. The lowest BCUT2D eigenvalue weighted by atomic mass is 10.2. The largest absolute Gasteiger partial charge is 0.443 e. The summed E-state index contributed by atoms with van der Waals surface area (Å²) in [6, 6.07) is 3.08. The van der Waals surface area contributed by atoms with Crippen LogP contribution < -0.4 is 4.90 Å². The number of hydrogen-bond donors (Lipinski definition) is 0. The number of carbonyl (C=O) groups excluding carboxylic acids is 3. The van der Waals surface area contributed by atoms with Gasteiger partial charge in [0.25, 0.3) is 0 Å². The molecule has 0 fully saturated rings. The fourth-order valence-electron chi connectivity index (χ4n) is 2.02. The number of fused-ring (bicyclic) bond motifs is 1. The van der Waals surface area contributed by atoms with Gasteiger partial charge in [0.15, 0.2) is 6.29 Å². The van der Waals surface area contributed by atoms with Gasteiger partial charge in [0, 0.05) is 5.56 Å². The molecule has 27 heavy (non-hydrogen) atoms. The number of aldehydes is 1. The lowest BCUT2D eigenvalue weighted by Crippen LogP contribution is -2.43. The smallest absolute Gasteiger partial charge is 0.426 e. The van der Waals surface area contributed by atoms with Gasteiger partial charge < -0.3 is 9.47 Å². The molecular formula is C18H21ClN2O5S. The first-order valence-corrected chi connectivity index (χ1v) is 9.32. The van der Waals surface area contributed by atoms with E-state index in [-0.39, 0.29) is 5.13 Å². The van der Waals surface area contributed by atoms with Crippen LogP contribution in [0.1, 0.15) is 51.9 Å². The molecule has 2 amide bonds. The van der Waals surface area contributed by atoms with Crippen LogP contribution in [0.5, 0.6) is 0 Å². The van der Waals surface area contributed by atoms with E-state index in [0.29, 0.717) is 32.0 Å². The van der Waals surface area contributed by atoms with E-state index in [9.17, 15) is 14.4 Å². The molecule has 0 radical (unpaired) electrons. The van der Waals surface area contributed by atoms with Crippen molar-refractivity contribution in [1.29, 1.82) is 0 Å². The van der Waals surface area contributed by atoms with Crippen molar-refractivity contribution < 1.29 is 23.9 Å². The topological polar surface area (TPSA) is 85.8 Å². The van der Waals surface area contributed by atoms with Gasteiger partial charge in [-0.05, 0) is 53.7 Å². The number of rotatable bonds is 2. The number of nitrogens with zero attached hydrogens (tertiary/aromatic N) is 2. The Labute approximate surface area is 166 Å². The van der Waals surface area contributed by atoms with E-state index in [1.54, 1.807) is 47.6 Å². The summed E-state index contributed by atoms with van der Waals surface area (Å²) >= 11 is 7.17. The average molecular weight is 413 g/mol. The van der Waals surface area contributed by atoms with Crippen LogP contribution in [0.3, 0.4) is 0 Å². The first-order valence-electron chi connectivity index (χ1n) is 8.13. The first kappa shape index (κ1) is 21.1. The number of amides is 2. The predicted octanol–water partition coefficient (Wildman–Crippen LogP) is 5.44. The van der Waals surface area contributed by atoms with E-state index < -0.39 is 23.4 Å². The Balaban J connectivity index is 2.57. The molecule has 0 spiro atoms. The van der Waals surface area contributed by atoms with Gasteiger partial charge in [-0.3, -0.25) is 4.79 Å². The molecule has 9 heteroatoms. The second-order valence-electron chi connectivity index (χ2n) is 7.72. The Hall–Kier alpha value is -2.19. The zero-order valence-corrected chi connectivity index (χ0v) is 17.5. The number of imide groups is 1. The maximum absolute atomic E-state index is 12.7. The third-order valence-corrected chi connectivity index (χ3v) is 4.49. The molecule has 146 valence electrons. The molecule has 0 aliphatic rings. The van der Waals surface area contributed by atoms with E-state index >= 15 is 0 Å². The fourth-order valence-corrected chi connectivity index (χ4v) is 3.27. The van der Waals surface area contributed by atoms with Crippen molar-refractivity contribution in [3.8, 4) is 0 Å². The highest BCUT2D eigenvalue weighted by Crippen LogP contribution is 2.36. The van der Waals surface area contributed by atoms with Crippen LogP contribution >= 0.6 is 22.9 Å². The number of ether oxygens (including phenoxy) is 2. The number of hydrogen-bond acceptors (Lipinski definition) is 7. The normalized spacial score (nSPS) is 12.0. The number of benzene rings is 1. The van der Waals surface area contributed by atoms with Crippen LogP contribution in [0.4, 0.5) is 14.7 Å². The minimum atomic E-state index is -0.931. The first-order chi connectivity index (χ1) is 12.3. The van der Waals surface area contributed by atoms with Gasteiger partial charge in [-0.1, -0.05) is 22.9 Å². The van der Waals surface area contributed by atoms with Crippen molar-refractivity contribution in [2.75, 3.05) is 4.90 Å². The van der Waals surface area contributed by atoms with E-state index in [2.05, 4.69) is 4.98 Å². The van der Waals surface area contributed by atoms with Gasteiger partial charge in [-0.2, -0.15) is 4.90 Å². The highest BCUT2D eigenvalue weighted by molar-refractivity contribution is 7.23. The van der Waals surface area contributed by atoms with Crippen LogP contribution in [0, 0.1) is 0 Å². The SMILES string of the molecule is CC(C)(C)OC(=O)N(C(=O)OC(C)(C)C)c1nc2c(C=O)ccc(Cl)c2s1. The molecular weight excluding hydrogens is 392 g/mol. The molecule has 0 aliphatic heterocycles. The van der Waals surface area contributed by atoms with Gasteiger partial charge in [0.1, 0.15) is 11.2 Å². The third-order valence-electron chi connectivity index (χ3n) is 2.99.